The number of nitrogens with one attached hydrogen (secondary N) is 1. The Kier molecular flexibility index (Phi) is 6.10. The molecule has 3 aliphatic rings. The van der Waals surface area contributed by atoms with E-state index in [0.29, 0.717) is 45.7 Å². The summed E-state index contributed by atoms with van der Waals surface area (Å²) in [5, 5.41) is 5.99. The average molecular weight is 496 g/mol. The average Bonchev–Trinajstić information content (AvgIpc) is 3.49. The Morgan fingerprint density at radius 1 is 0.757 bits per heavy atom. The highest BCUT2D eigenvalue weighted by atomic mass is 16.2. The molecular weight excluding hydrogens is 466 g/mol. The molecule has 2 fully saturated rings. The van der Waals surface area contributed by atoms with Crippen LogP contribution in [0.15, 0.2) is 78.9 Å². The fourth-order valence-electron chi connectivity index (χ4n) is 5.56. The highest BCUT2D eigenvalue weighted by Gasteiger charge is 2.36. The van der Waals surface area contributed by atoms with Crippen molar-refractivity contribution in [1.82, 2.24) is 25.1 Å². The molecule has 8 nitrogen and oxygen atoms in total. The van der Waals surface area contributed by atoms with Crippen molar-refractivity contribution in [3.05, 3.63) is 107 Å². The summed E-state index contributed by atoms with van der Waals surface area (Å²) in [6, 6.07) is 26.2. The van der Waals surface area contributed by atoms with E-state index in [9.17, 15) is 14.4 Å². The lowest BCUT2D eigenvalue weighted by atomic mass is 9.97. The van der Waals surface area contributed by atoms with Crippen molar-refractivity contribution in [3.8, 4) is 0 Å². The number of carbonyl (C=O) groups excluding carboxylic acids is 3. The minimum Gasteiger partial charge on any atom is -0.319 e. The van der Waals surface area contributed by atoms with Crippen LogP contribution in [-0.4, -0.2) is 57.4 Å². The second kappa shape index (κ2) is 9.71. The van der Waals surface area contributed by atoms with Gasteiger partial charge in [-0.25, -0.2) is 14.6 Å². The minimum atomic E-state index is -0.363. The van der Waals surface area contributed by atoms with Crippen molar-refractivity contribution < 1.29 is 14.4 Å². The first-order chi connectivity index (χ1) is 18.1. The second-order valence-electron chi connectivity index (χ2n) is 9.77. The number of urea groups is 2. The standard InChI is InChI=1S/C29H29N5O3/c35-26-13-14-34(28(36)30-26)32-19-24-12-11-21(17-25(24)20-32)18-31-15-16-33(29(31)37)27(22-7-3-1-4-8-22)23-9-5-2-6-10-23/h1-12,17,27H,13-16,18-20H2,(H,30,35,36). The zero-order chi connectivity index (χ0) is 25.4. The largest absolute Gasteiger partial charge is 0.338 e. The molecule has 8 heteroatoms. The smallest absolute Gasteiger partial charge is 0.319 e. The van der Waals surface area contributed by atoms with Gasteiger partial charge >= 0.3 is 12.1 Å². The van der Waals surface area contributed by atoms with E-state index in [1.165, 1.54) is 0 Å². The van der Waals surface area contributed by atoms with Crippen LogP contribution in [0.1, 0.15) is 40.3 Å². The van der Waals surface area contributed by atoms with E-state index in [1.54, 1.807) is 5.01 Å². The van der Waals surface area contributed by atoms with E-state index in [-0.39, 0.29) is 24.0 Å². The van der Waals surface area contributed by atoms with Gasteiger partial charge in [0.25, 0.3) is 0 Å². The Bertz CT molecular complexity index is 1290. The molecule has 3 heterocycles. The quantitative estimate of drug-likeness (QED) is 0.563. The van der Waals surface area contributed by atoms with E-state index < -0.39 is 0 Å². The number of fused-ring (bicyclic) bond motifs is 1. The molecule has 0 saturated carbocycles. The third kappa shape index (κ3) is 4.56. The monoisotopic (exact) mass is 495 g/mol. The van der Waals surface area contributed by atoms with Gasteiger partial charge in [0.15, 0.2) is 0 Å². The third-order valence-electron chi connectivity index (χ3n) is 7.39. The SMILES string of the molecule is O=C1CCN(N2Cc3ccc(CN4CCN(C(c5ccccc5)c5ccccc5)C4=O)cc3C2)C(=O)N1. The van der Waals surface area contributed by atoms with E-state index in [0.717, 1.165) is 27.8 Å². The summed E-state index contributed by atoms with van der Waals surface area (Å²) in [4.78, 5) is 41.3. The van der Waals surface area contributed by atoms with Crippen LogP contribution in [0.2, 0.25) is 0 Å². The number of carbonyl (C=O) groups is 3. The number of hydrogen-bond donors (Lipinski definition) is 1. The molecule has 0 bridgehead atoms. The number of hydrogen-bond acceptors (Lipinski definition) is 4. The van der Waals surface area contributed by atoms with Crippen molar-refractivity contribution in [3.63, 3.8) is 0 Å². The number of rotatable bonds is 6. The van der Waals surface area contributed by atoms with Gasteiger partial charge in [-0.1, -0.05) is 78.9 Å². The van der Waals surface area contributed by atoms with Gasteiger partial charge in [0.2, 0.25) is 5.91 Å². The lowest BCUT2D eigenvalue weighted by Crippen LogP contribution is -2.55. The summed E-state index contributed by atoms with van der Waals surface area (Å²) in [5.74, 6) is -0.230. The molecule has 0 aromatic heterocycles. The summed E-state index contributed by atoms with van der Waals surface area (Å²) in [7, 11) is 0. The molecule has 3 aromatic rings. The second-order valence-corrected chi connectivity index (χ2v) is 9.77. The van der Waals surface area contributed by atoms with Crippen LogP contribution in [-0.2, 0) is 24.4 Å². The van der Waals surface area contributed by atoms with E-state index in [2.05, 4.69) is 47.8 Å². The van der Waals surface area contributed by atoms with Crippen LogP contribution in [0.25, 0.3) is 0 Å². The molecule has 0 unspecified atom stereocenters. The maximum Gasteiger partial charge on any atom is 0.338 e. The minimum absolute atomic E-state index is 0.0366. The Morgan fingerprint density at radius 3 is 2.11 bits per heavy atom. The molecule has 3 aromatic carbocycles. The van der Waals surface area contributed by atoms with Crippen LogP contribution >= 0.6 is 0 Å². The van der Waals surface area contributed by atoms with Crippen LogP contribution in [0.3, 0.4) is 0 Å². The molecule has 3 aliphatic heterocycles. The van der Waals surface area contributed by atoms with Gasteiger partial charge in [-0.2, -0.15) is 0 Å². The molecule has 2 saturated heterocycles. The first-order valence-electron chi connectivity index (χ1n) is 12.7. The first-order valence-corrected chi connectivity index (χ1v) is 12.7. The van der Waals surface area contributed by atoms with E-state index >= 15 is 0 Å². The number of imide groups is 1. The Balaban J connectivity index is 1.16. The molecule has 0 spiro atoms. The number of hydrazine groups is 1. The van der Waals surface area contributed by atoms with Crippen molar-refractivity contribution in [2.75, 3.05) is 19.6 Å². The lowest BCUT2D eigenvalue weighted by molar-refractivity contribution is -0.124. The van der Waals surface area contributed by atoms with E-state index in [4.69, 9.17) is 0 Å². The fraction of sp³-hybridized carbons (Fsp3) is 0.276. The van der Waals surface area contributed by atoms with Crippen molar-refractivity contribution >= 4 is 18.0 Å². The molecule has 188 valence electrons. The summed E-state index contributed by atoms with van der Waals surface area (Å²) in [5.41, 5.74) is 5.59. The molecule has 1 N–H and O–H groups in total. The van der Waals surface area contributed by atoms with Gasteiger partial charge in [0.05, 0.1) is 6.04 Å². The van der Waals surface area contributed by atoms with Gasteiger partial charge in [-0.05, 0) is 27.8 Å². The van der Waals surface area contributed by atoms with Gasteiger partial charge in [0, 0.05) is 45.7 Å². The summed E-state index contributed by atoms with van der Waals surface area (Å²) in [6.45, 7) is 3.50. The number of amides is 5. The molecule has 0 atom stereocenters. The summed E-state index contributed by atoms with van der Waals surface area (Å²) < 4.78 is 0. The summed E-state index contributed by atoms with van der Waals surface area (Å²) >= 11 is 0. The molecule has 0 aliphatic carbocycles. The Morgan fingerprint density at radius 2 is 1.43 bits per heavy atom. The topological polar surface area (TPSA) is 76.2 Å². The van der Waals surface area contributed by atoms with Crippen LogP contribution in [0.4, 0.5) is 9.59 Å². The molecular formula is C29H29N5O3. The van der Waals surface area contributed by atoms with Gasteiger partial charge in [-0.3, -0.25) is 15.1 Å². The highest BCUT2D eigenvalue weighted by Crippen LogP contribution is 2.33. The molecule has 6 rings (SSSR count). The van der Waals surface area contributed by atoms with Gasteiger partial charge < -0.3 is 9.80 Å². The zero-order valence-corrected chi connectivity index (χ0v) is 20.5. The predicted octanol–water partition coefficient (Wildman–Crippen LogP) is 3.89. The Hall–Kier alpha value is -4.17. The zero-order valence-electron chi connectivity index (χ0n) is 20.5. The van der Waals surface area contributed by atoms with Gasteiger partial charge in [0.1, 0.15) is 0 Å². The normalized spacial score (nSPS) is 18.1. The van der Waals surface area contributed by atoms with Crippen molar-refractivity contribution in [1.29, 1.82) is 0 Å². The number of nitrogens with zero attached hydrogens (tertiary/aromatic N) is 4. The molecule has 5 amide bonds. The number of benzene rings is 3. The molecule has 0 radical (unpaired) electrons. The maximum absolute atomic E-state index is 13.6. The molecule has 37 heavy (non-hydrogen) atoms. The first kappa shape index (κ1) is 23.2. The van der Waals surface area contributed by atoms with Crippen LogP contribution in [0, 0.1) is 0 Å². The summed E-state index contributed by atoms with van der Waals surface area (Å²) in [6.07, 6.45) is 0.310. The predicted molar refractivity (Wildman–Crippen MR) is 138 cm³/mol. The van der Waals surface area contributed by atoms with Crippen molar-refractivity contribution in [2.45, 2.75) is 32.1 Å². The van der Waals surface area contributed by atoms with E-state index in [1.807, 2.05) is 51.2 Å². The van der Waals surface area contributed by atoms with Crippen LogP contribution < -0.4 is 5.32 Å². The third-order valence-corrected chi connectivity index (χ3v) is 7.39. The van der Waals surface area contributed by atoms with Crippen molar-refractivity contribution in [2.24, 2.45) is 0 Å². The Labute approximate surface area is 216 Å². The lowest BCUT2D eigenvalue weighted by Gasteiger charge is -2.33. The highest BCUT2D eigenvalue weighted by molar-refractivity contribution is 5.96. The van der Waals surface area contributed by atoms with Gasteiger partial charge in [-0.15, -0.1) is 0 Å². The fourth-order valence-corrected chi connectivity index (χ4v) is 5.56. The van der Waals surface area contributed by atoms with Crippen LogP contribution in [0.5, 0.6) is 0 Å². The maximum atomic E-state index is 13.6.